The maximum Gasteiger partial charge on any atom is 0.235 e. The SMILES string of the molecule is O=Cc1ccc(N2C(CO)CCS2(=O)=O)cc1. The van der Waals surface area contributed by atoms with E-state index in [4.69, 9.17) is 5.11 Å². The third-order valence-corrected chi connectivity index (χ3v) is 4.69. The molecule has 1 atom stereocenters. The Morgan fingerprint density at radius 3 is 2.53 bits per heavy atom. The molecule has 1 fully saturated rings. The molecule has 17 heavy (non-hydrogen) atoms. The highest BCUT2D eigenvalue weighted by molar-refractivity contribution is 7.93. The first-order valence-electron chi connectivity index (χ1n) is 5.26. The number of aliphatic hydroxyl groups excluding tert-OH is 1. The minimum atomic E-state index is -3.34. The van der Waals surface area contributed by atoms with Gasteiger partial charge in [0.1, 0.15) is 6.29 Å². The molecule has 0 spiro atoms. The number of benzene rings is 1. The summed E-state index contributed by atoms with van der Waals surface area (Å²) < 4.78 is 24.9. The van der Waals surface area contributed by atoms with Crippen LogP contribution in [0.1, 0.15) is 16.8 Å². The topological polar surface area (TPSA) is 74.7 Å². The van der Waals surface area contributed by atoms with Gasteiger partial charge >= 0.3 is 0 Å². The largest absolute Gasteiger partial charge is 0.394 e. The van der Waals surface area contributed by atoms with Gasteiger partial charge in [0.25, 0.3) is 0 Å². The van der Waals surface area contributed by atoms with Crippen molar-refractivity contribution in [2.75, 3.05) is 16.7 Å². The van der Waals surface area contributed by atoms with Crippen molar-refractivity contribution < 1.29 is 18.3 Å². The summed E-state index contributed by atoms with van der Waals surface area (Å²) in [5.41, 5.74) is 0.984. The first kappa shape index (κ1) is 12.1. The fourth-order valence-corrected chi connectivity index (χ4v) is 3.80. The van der Waals surface area contributed by atoms with E-state index >= 15 is 0 Å². The van der Waals surface area contributed by atoms with Crippen LogP contribution < -0.4 is 4.31 Å². The second-order valence-electron chi connectivity index (χ2n) is 3.95. The molecule has 5 nitrogen and oxygen atoms in total. The number of carbonyl (C=O) groups excluding carboxylic acids is 1. The van der Waals surface area contributed by atoms with Crippen LogP contribution in [-0.2, 0) is 10.0 Å². The molecule has 1 aromatic rings. The van der Waals surface area contributed by atoms with Crippen molar-refractivity contribution in [3.05, 3.63) is 29.8 Å². The lowest BCUT2D eigenvalue weighted by molar-refractivity contribution is 0.112. The number of aliphatic hydroxyl groups is 1. The average molecular weight is 255 g/mol. The molecule has 0 amide bonds. The molecule has 2 rings (SSSR count). The minimum absolute atomic E-state index is 0.0493. The molecule has 0 radical (unpaired) electrons. The van der Waals surface area contributed by atoms with Gasteiger partial charge in [-0.1, -0.05) is 0 Å². The molecule has 1 unspecified atom stereocenters. The van der Waals surface area contributed by atoms with Crippen LogP contribution in [0.3, 0.4) is 0 Å². The van der Waals surface area contributed by atoms with Crippen LogP contribution in [0.25, 0.3) is 0 Å². The fourth-order valence-electron chi connectivity index (χ4n) is 1.96. The van der Waals surface area contributed by atoms with E-state index in [-0.39, 0.29) is 12.4 Å². The van der Waals surface area contributed by atoms with E-state index in [1.165, 1.54) is 4.31 Å². The number of anilines is 1. The maximum atomic E-state index is 11.8. The molecule has 0 saturated carbocycles. The standard InChI is InChI=1S/C11H13NO4S/c13-7-9-1-3-10(4-2-9)12-11(8-14)5-6-17(12,15)16/h1-4,7,11,14H,5-6,8H2. The summed E-state index contributed by atoms with van der Waals surface area (Å²) in [5, 5.41) is 9.17. The number of carbonyl (C=O) groups is 1. The second-order valence-corrected chi connectivity index (χ2v) is 5.91. The number of sulfonamides is 1. The van der Waals surface area contributed by atoms with Crippen molar-refractivity contribution in [3.63, 3.8) is 0 Å². The highest BCUT2D eigenvalue weighted by Crippen LogP contribution is 2.28. The zero-order valence-electron chi connectivity index (χ0n) is 9.11. The molecule has 1 saturated heterocycles. The van der Waals surface area contributed by atoms with Gasteiger partial charge in [-0.25, -0.2) is 8.42 Å². The Bertz CT molecular complexity index is 509. The molecule has 1 heterocycles. The van der Waals surface area contributed by atoms with Crippen LogP contribution in [0, 0.1) is 0 Å². The summed E-state index contributed by atoms with van der Waals surface area (Å²) in [6.45, 7) is -0.200. The predicted molar refractivity (Wildman–Crippen MR) is 63.6 cm³/mol. The molecule has 0 aromatic heterocycles. The van der Waals surface area contributed by atoms with Crippen molar-refractivity contribution in [3.8, 4) is 0 Å². The van der Waals surface area contributed by atoms with Gasteiger partial charge in [0, 0.05) is 5.56 Å². The van der Waals surface area contributed by atoms with Crippen LogP contribution in [-0.4, -0.2) is 38.2 Å². The summed E-state index contributed by atoms with van der Waals surface area (Å²) in [6, 6.07) is 5.88. The van der Waals surface area contributed by atoms with Gasteiger partial charge in [0.2, 0.25) is 10.0 Å². The Labute approximate surface area is 99.7 Å². The molecule has 1 aromatic carbocycles. The Morgan fingerprint density at radius 2 is 2.00 bits per heavy atom. The molecular weight excluding hydrogens is 242 g/mol. The third kappa shape index (κ3) is 2.18. The van der Waals surface area contributed by atoms with E-state index in [2.05, 4.69) is 0 Å². The Morgan fingerprint density at radius 1 is 1.35 bits per heavy atom. The molecule has 1 aliphatic heterocycles. The number of hydrogen-bond donors (Lipinski definition) is 1. The van der Waals surface area contributed by atoms with Crippen molar-refractivity contribution in [2.45, 2.75) is 12.5 Å². The summed E-state index contributed by atoms with van der Waals surface area (Å²) in [7, 11) is -3.34. The van der Waals surface area contributed by atoms with Crippen LogP contribution in [0.4, 0.5) is 5.69 Å². The van der Waals surface area contributed by atoms with Gasteiger partial charge in [-0.2, -0.15) is 0 Å². The lowest BCUT2D eigenvalue weighted by atomic mass is 10.2. The highest BCUT2D eigenvalue weighted by atomic mass is 32.2. The smallest absolute Gasteiger partial charge is 0.235 e. The van der Waals surface area contributed by atoms with Crippen molar-refractivity contribution >= 4 is 22.0 Å². The normalized spacial score (nSPS) is 22.6. The number of aldehydes is 1. The van der Waals surface area contributed by atoms with E-state index < -0.39 is 16.1 Å². The van der Waals surface area contributed by atoms with Gasteiger partial charge in [-0.15, -0.1) is 0 Å². The van der Waals surface area contributed by atoms with Gasteiger partial charge in [0.15, 0.2) is 0 Å². The lowest BCUT2D eigenvalue weighted by Gasteiger charge is -2.23. The summed E-state index contributed by atoms with van der Waals surface area (Å²) in [5.74, 6) is 0.0493. The van der Waals surface area contributed by atoms with Crippen LogP contribution >= 0.6 is 0 Å². The maximum absolute atomic E-state index is 11.8. The molecule has 6 heteroatoms. The summed E-state index contributed by atoms with van der Waals surface area (Å²) in [6.07, 6.45) is 1.13. The van der Waals surface area contributed by atoms with Gasteiger partial charge < -0.3 is 5.11 Å². The fraction of sp³-hybridized carbons (Fsp3) is 0.364. The van der Waals surface area contributed by atoms with E-state index in [1.54, 1.807) is 24.3 Å². The predicted octanol–water partition coefficient (Wildman–Crippen LogP) is 0.400. The second kappa shape index (κ2) is 4.46. The number of hydrogen-bond acceptors (Lipinski definition) is 4. The van der Waals surface area contributed by atoms with Crippen LogP contribution in [0.5, 0.6) is 0 Å². The van der Waals surface area contributed by atoms with Gasteiger partial charge in [0.05, 0.1) is 24.1 Å². The van der Waals surface area contributed by atoms with Crippen LogP contribution in [0.2, 0.25) is 0 Å². The number of nitrogens with zero attached hydrogens (tertiary/aromatic N) is 1. The number of rotatable bonds is 3. The minimum Gasteiger partial charge on any atom is -0.394 e. The quantitative estimate of drug-likeness (QED) is 0.793. The van der Waals surface area contributed by atoms with Crippen molar-refractivity contribution in [2.24, 2.45) is 0 Å². The lowest BCUT2D eigenvalue weighted by Crippen LogP contribution is -2.35. The van der Waals surface area contributed by atoms with Gasteiger partial charge in [-0.3, -0.25) is 9.10 Å². The first-order chi connectivity index (χ1) is 8.08. The zero-order valence-corrected chi connectivity index (χ0v) is 9.93. The Hall–Kier alpha value is -1.40. The molecule has 1 N–H and O–H groups in total. The van der Waals surface area contributed by atoms with Crippen LogP contribution in [0.15, 0.2) is 24.3 Å². The molecular formula is C11H13NO4S. The third-order valence-electron chi connectivity index (χ3n) is 2.83. The molecule has 1 aliphatic rings. The van der Waals surface area contributed by atoms with E-state index in [9.17, 15) is 13.2 Å². The zero-order chi connectivity index (χ0) is 12.5. The van der Waals surface area contributed by atoms with Gasteiger partial charge in [-0.05, 0) is 30.7 Å². The molecule has 0 aliphatic carbocycles. The first-order valence-corrected chi connectivity index (χ1v) is 6.87. The van der Waals surface area contributed by atoms with E-state index in [0.717, 1.165) is 0 Å². The Kier molecular flexibility index (Phi) is 3.17. The Balaban J connectivity index is 2.39. The van der Waals surface area contributed by atoms with Crippen molar-refractivity contribution in [1.82, 2.24) is 0 Å². The summed E-state index contributed by atoms with van der Waals surface area (Å²) >= 11 is 0. The molecule has 0 bridgehead atoms. The van der Waals surface area contributed by atoms with Crippen molar-refractivity contribution in [1.29, 1.82) is 0 Å². The monoisotopic (exact) mass is 255 g/mol. The molecule has 92 valence electrons. The average Bonchev–Trinajstić information content (AvgIpc) is 2.64. The highest BCUT2D eigenvalue weighted by Gasteiger charge is 2.36. The van der Waals surface area contributed by atoms with E-state index in [1.807, 2.05) is 0 Å². The summed E-state index contributed by atoms with van der Waals surface area (Å²) in [4.78, 5) is 10.5. The van der Waals surface area contributed by atoms with E-state index in [0.29, 0.717) is 24.0 Å².